The van der Waals surface area contributed by atoms with Crippen LogP contribution in [0.15, 0.2) is 228 Å². The molecule has 3 atom stereocenters. The van der Waals surface area contributed by atoms with Crippen LogP contribution in [-0.2, 0) is 40.2 Å². The van der Waals surface area contributed by atoms with Crippen LogP contribution < -0.4 is 49.2 Å². The topological polar surface area (TPSA) is 232 Å². The van der Waals surface area contributed by atoms with Gasteiger partial charge in [-0.25, -0.2) is 0 Å². The number of ether oxygens (including phenoxy) is 4. The maximum Gasteiger partial charge on any atom is 0.311 e. The third-order valence-electron chi connectivity index (χ3n) is 20.7. The lowest BCUT2D eigenvalue weighted by Crippen LogP contribution is -2.53. The van der Waals surface area contributed by atoms with Gasteiger partial charge in [0.1, 0.15) is 62.1 Å². The van der Waals surface area contributed by atoms with Gasteiger partial charge in [0.25, 0.3) is 20.2 Å². The Morgan fingerprint density at radius 1 is 0.402 bits per heavy atom. The number of fused-ring (bicyclic) bond motifs is 6. The van der Waals surface area contributed by atoms with E-state index in [-0.39, 0.29) is 39.3 Å². The number of rotatable bonds is 25. The largest absolute Gasteiger partial charge is 0.487 e. The van der Waals surface area contributed by atoms with Gasteiger partial charge in [-0.3, -0.25) is 27.8 Å². The molecule has 0 bridgehead atoms. The van der Waals surface area contributed by atoms with Gasteiger partial charge in [-0.05, 0) is 189 Å². The Bertz CT molecular complexity index is 5270. The SMILES string of the molecule is CCC(C)(CC)Oc1ccc(Oc2ccc(C(=O)c3ccc(C(CC)(CC)C(C)(CC)Oc4ccc(Oc5ccc(C(=O)c6ccc(C(C)(C)CC)c(S(=O)(=O)O)c6)cc5S(=O)(=O)O)cc4P4(=O)Oc5ccccc5-c5ccccc54)cc3)cc2)cc1P1(=O)Oc2ccccc2-c2ccccc21. The van der Waals surface area contributed by atoms with Crippen LogP contribution in [0.4, 0.5) is 0 Å². The summed E-state index contributed by atoms with van der Waals surface area (Å²) in [5.41, 5.74) is 1.40. The first kappa shape index (κ1) is 72.4. The molecule has 10 aromatic rings. The van der Waals surface area contributed by atoms with E-state index in [2.05, 4.69) is 27.7 Å². The van der Waals surface area contributed by atoms with Gasteiger partial charge in [0.2, 0.25) is 0 Å². The van der Waals surface area contributed by atoms with Crippen LogP contribution in [0.25, 0.3) is 22.3 Å². The summed E-state index contributed by atoms with van der Waals surface area (Å²) in [6.07, 6.45) is 3.41. The maximum absolute atomic E-state index is 16.4. The zero-order valence-corrected chi connectivity index (χ0v) is 61.8. The van der Waals surface area contributed by atoms with Crippen molar-refractivity contribution in [2.24, 2.45) is 0 Å². The van der Waals surface area contributed by atoms with E-state index < -0.39 is 78.3 Å². The molecule has 102 heavy (non-hydrogen) atoms. The van der Waals surface area contributed by atoms with Crippen LogP contribution in [-0.4, -0.2) is 48.7 Å². The van der Waals surface area contributed by atoms with Crippen molar-refractivity contribution in [1.29, 1.82) is 0 Å². The van der Waals surface area contributed by atoms with Crippen molar-refractivity contribution in [2.75, 3.05) is 0 Å². The van der Waals surface area contributed by atoms with Gasteiger partial charge < -0.3 is 28.0 Å². The van der Waals surface area contributed by atoms with E-state index in [4.69, 9.17) is 28.0 Å². The van der Waals surface area contributed by atoms with Gasteiger partial charge >= 0.3 is 14.7 Å². The van der Waals surface area contributed by atoms with E-state index in [0.29, 0.717) is 105 Å². The summed E-state index contributed by atoms with van der Waals surface area (Å²) in [6.45, 7) is 19.7. The molecule has 0 saturated carbocycles. The highest BCUT2D eigenvalue weighted by atomic mass is 32.2. The van der Waals surface area contributed by atoms with Crippen molar-refractivity contribution in [3.05, 3.63) is 252 Å². The Kier molecular flexibility index (Phi) is 19.7. The smallest absolute Gasteiger partial charge is 0.311 e. The predicted molar refractivity (Wildman–Crippen MR) is 399 cm³/mol. The van der Waals surface area contributed by atoms with Crippen molar-refractivity contribution in [3.8, 4) is 68.2 Å². The molecule has 10 aromatic carbocycles. The number of benzene rings is 10. The molecule has 0 radical (unpaired) electrons. The highest BCUT2D eigenvalue weighted by molar-refractivity contribution is 7.86. The second-order valence-electron chi connectivity index (χ2n) is 26.8. The second kappa shape index (κ2) is 27.8. The molecule has 3 unspecified atom stereocenters. The first-order chi connectivity index (χ1) is 48.5. The Morgan fingerprint density at radius 2 is 0.814 bits per heavy atom. The number of carbonyl (C=O) groups excluding carboxylic acids is 2. The zero-order valence-electron chi connectivity index (χ0n) is 58.3. The summed E-state index contributed by atoms with van der Waals surface area (Å²) >= 11 is 0. The molecule has 20 heteroatoms. The lowest BCUT2D eigenvalue weighted by Gasteiger charge is -2.48. The van der Waals surface area contributed by atoms with E-state index in [0.717, 1.165) is 28.8 Å². The molecular formula is C82H80O16P2S2. The molecule has 2 N–H and O–H groups in total. The molecule has 12 rings (SSSR count). The summed E-state index contributed by atoms with van der Waals surface area (Å²) < 4.78 is 145. The Hall–Kier alpha value is -9.38. The first-order valence-corrected chi connectivity index (χ1v) is 40.2. The van der Waals surface area contributed by atoms with Gasteiger partial charge in [0, 0.05) is 38.8 Å². The number of carbonyl (C=O) groups is 2. The highest BCUT2D eigenvalue weighted by Gasteiger charge is 2.50. The molecule has 2 aliphatic heterocycles. The molecule has 0 spiro atoms. The summed E-state index contributed by atoms with van der Waals surface area (Å²) in [6, 6.07) is 60.7. The summed E-state index contributed by atoms with van der Waals surface area (Å²) in [4.78, 5) is 27.3. The standard InChI is InChI=1S/C82H80O16P2S2/c1-11-79(7,8)65-45-37-55(49-75(65)101(87,88)89)78(84)56-38-46-70(76(50-56)102(90,91)92)94-60-44-48-69(74(52-60)100(86)72-32-24-20-28-64(72)62-26-18-22-30-67(62)98-100)96-81(10,14-4)82(15-5,16-6)57-39-33-53(34-40-57)77(83)54-35-41-58(42-36-54)93-59-43-47-68(95-80(9,12-2)13-3)73(51-59)99(85)71-31-23-19-27-63(71)61-25-17-21-29-66(61)97-99/h17-52H,11-16H2,1-10H3,(H,87,88,89)(H,90,91,92). The molecule has 0 fully saturated rings. The molecule has 0 amide bonds. The van der Waals surface area contributed by atoms with Crippen molar-refractivity contribution in [3.63, 3.8) is 0 Å². The molecule has 526 valence electrons. The monoisotopic (exact) mass is 1450 g/mol. The maximum atomic E-state index is 16.4. The summed E-state index contributed by atoms with van der Waals surface area (Å²) in [5, 5.41) is 1.33. The Labute approximate surface area is 596 Å². The van der Waals surface area contributed by atoms with E-state index in [1.165, 1.54) is 36.4 Å². The van der Waals surface area contributed by atoms with Crippen molar-refractivity contribution >= 4 is 67.8 Å². The number of para-hydroxylation sites is 2. The summed E-state index contributed by atoms with van der Waals surface area (Å²) in [5.74, 6) is 0.710. The lowest BCUT2D eigenvalue weighted by atomic mass is 9.63. The molecule has 0 aliphatic carbocycles. The molecule has 0 saturated heterocycles. The zero-order chi connectivity index (χ0) is 73.0. The van der Waals surface area contributed by atoms with Crippen molar-refractivity contribution in [2.45, 2.75) is 140 Å². The minimum absolute atomic E-state index is 0.0545. The third-order valence-corrected chi connectivity index (χ3v) is 27.4. The first-order valence-electron chi connectivity index (χ1n) is 34.0. The second-order valence-corrected chi connectivity index (χ2v) is 34.1. The van der Waals surface area contributed by atoms with Crippen LogP contribution >= 0.6 is 14.7 Å². The van der Waals surface area contributed by atoms with Crippen LogP contribution in [0.2, 0.25) is 0 Å². The van der Waals surface area contributed by atoms with Gasteiger partial charge in [-0.2, -0.15) is 16.8 Å². The predicted octanol–water partition coefficient (Wildman–Crippen LogP) is 18.8. The Morgan fingerprint density at radius 3 is 1.29 bits per heavy atom. The third kappa shape index (κ3) is 13.3. The molecule has 2 heterocycles. The van der Waals surface area contributed by atoms with Gasteiger partial charge in [0.05, 0.1) is 26.1 Å². The number of hydrogen-bond acceptors (Lipinski definition) is 14. The van der Waals surface area contributed by atoms with E-state index in [1.54, 1.807) is 98.8 Å². The fourth-order valence-corrected chi connectivity index (χ4v) is 20.2. The highest BCUT2D eigenvalue weighted by Crippen LogP contribution is 2.59. The fourth-order valence-electron chi connectivity index (χ4n) is 13.8. The van der Waals surface area contributed by atoms with Crippen molar-refractivity contribution < 1.29 is 72.7 Å². The lowest BCUT2D eigenvalue weighted by molar-refractivity contribution is -0.00750. The van der Waals surface area contributed by atoms with Gasteiger partial charge in [-0.15, -0.1) is 0 Å². The van der Waals surface area contributed by atoms with Crippen LogP contribution in [0, 0.1) is 0 Å². The molecule has 2 aliphatic rings. The average molecular weight is 1450 g/mol. The van der Waals surface area contributed by atoms with Gasteiger partial charge in [0.15, 0.2) is 11.6 Å². The minimum atomic E-state index is -5.16. The number of ketones is 2. The molecular weight excluding hydrogens is 1370 g/mol. The van der Waals surface area contributed by atoms with Crippen LogP contribution in [0.3, 0.4) is 0 Å². The molecule has 0 aromatic heterocycles. The normalized spacial score (nSPS) is 16.3. The Balaban J connectivity index is 0.845. The fraction of sp³-hybridized carbons (Fsp3) is 0.244. The quantitative estimate of drug-likeness (QED) is 0.0308. The van der Waals surface area contributed by atoms with E-state index in [9.17, 15) is 35.5 Å². The number of hydrogen-bond donors (Lipinski definition) is 2. The van der Waals surface area contributed by atoms with Gasteiger partial charge in [-0.1, -0.05) is 165 Å². The van der Waals surface area contributed by atoms with Crippen LogP contribution in [0.5, 0.6) is 46.0 Å². The van der Waals surface area contributed by atoms with Crippen molar-refractivity contribution in [1.82, 2.24) is 0 Å². The average Bonchev–Trinajstić information content (AvgIpc) is 0.732. The van der Waals surface area contributed by atoms with Crippen LogP contribution in [0.1, 0.15) is 151 Å². The van der Waals surface area contributed by atoms with E-state index in [1.807, 2.05) is 113 Å². The summed E-state index contributed by atoms with van der Waals surface area (Å²) in [7, 11) is -18.1. The van der Waals surface area contributed by atoms with E-state index >= 15 is 9.13 Å². The molecule has 16 nitrogen and oxygen atoms in total. The minimum Gasteiger partial charge on any atom is -0.487 e.